The highest BCUT2D eigenvalue weighted by Gasteiger charge is 2.19. The number of hydrogen-bond acceptors (Lipinski definition) is 3. The van der Waals surface area contributed by atoms with E-state index in [1.54, 1.807) is 11.9 Å². The molecule has 1 rings (SSSR count). The van der Waals surface area contributed by atoms with Gasteiger partial charge in [0, 0.05) is 20.2 Å². The first-order valence-electron chi connectivity index (χ1n) is 5.56. The Morgan fingerprint density at radius 3 is 2.87 bits per heavy atom. The van der Waals surface area contributed by atoms with E-state index in [0.29, 0.717) is 6.54 Å². The van der Waals surface area contributed by atoms with Crippen molar-refractivity contribution in [2.75, 3.05) is 26.8 Å². The van der Waals surface area contributed by atoms with Gasteiger partial charge in [-0.3, -0.25) is 4.79 Å². The molecule has 0 radical (unpaired) electrons. The fourth-order valence-corrected chi connectivity index (χ4v) is 1.54. The smallest absolute Gasteiger partial charge is 0.248 e. The van der Waals surface area contributed by atoms with E-state index in [2.05, 4.69) is 0 Å². The van der Waals surface area contributed by atoms with Gasteiger partial charge in [0.05, 0.1) is 12.2 Å². The van der Waals surface area contributed by atoms with Crippen molar-refractivity contribution in [1.82, 2.24) is 4.90 Å². The third-order valence-corrected chi connectivity index (χ3v) is 2.47. The van der Waals surface area contributed by atoms with Crippen molar-refractivity contribution in [2.24, 2.45) is 0 Å². The summed E-state index contributed by atoms with van der Waals surface area (Å²) in [7, 11) is 1.80. The third kappa shape index (κ3) is 4.62. The molecular weight excluding hydrogens is 194 g/mol. The Balaban J connectivity index is 2.19. The van der Waals surface area contributed by atoms with Crippen LogP contribution in [0.2, 0.25) is 0 Å². The molecule has 0 aliphatic carbocycles. The quantitative estimate of drug-likeness (QED) is 0.688. The van der Waals surface area contributed by atoms with E-state index in [9.17, 15) is 4.79 Å². The molecule has 0 saturated carbocycles. The molecule has 4 nitrogen and oxygen atoms in total. The van der Waals surface area contributed by atoms with Crippen molar-refractivity contribution < 1.29 is 14.3 Å². The molecule has 0 spiro atoms. The second-order valence-electron chi connectivity index (χ2n) is 4.27. The summed E-state index contributed by atoms with van der Waals surface area (Å²) < 4.78 is 10.7. The fraction of sp³-hybridized carbons (Fsp3) is 0.909. The van der Waals surface area contributed by atoms with Gasteiger partial charge in [-0.05, 0) is 26.7 Å². The zero-order valence-electron chi connectivity index (χ0n) is 9.86. The predicted octanol–water partition coefficient (Wildman–Crippen LogP) is 1.05. The van der Waals surface area contributed by atoms with Gasteiger partial charge in [-0.15, -0.1) is 0 Å². The molecule has 0 aromatic rings. The van der Waals surface area contributed by atoms with Crippen LogP contribution in [0, 0.1) is 0 Å². The van der Waals surface area contributed by atoms with Crippen LogP contribution in [0.25, 0.3) is 0 Å². The van der Waals surface area contributed by atoms with Gasteiger partial charge in [0.15, 0.2) is 0 Å². The minimum Gasteiger partial charge on any atom is -0.376 e. The Morgan fingerprint density at radius 1 is 1.60 bits per heavy atom. The van der Waals surface area contributed by atoms with Gasteiger partial charge in [0.2, 0.25) is 5.91 Å². The van der Waals surface area contributed by atoms with Gasteiger partial charge in [0.25, 0.3) is 0 Å². The zero-order valence-corrected chi connectivity index (χ0v) is 9.86. The molecule has 4 heteroatoms. The first-order valence-corrected chi connectivity index (χ1v) is 5.56. The Labute approximate surface area is 91.5 Å². The average Bonchev–Trinajstić information content (AvgIpc) is 2.66. The minimum absolute atomic E-state index is 0.0270. The van der Waals surface area contributed by atoms with Gasteiger partial charge in [-0.2, -0.15) is 0 Å². The van der Waals surface area contributed by atoms with Crippen LogP contribution in [0.3, 0.4) is 0 Å². The number of rotatable bonds is 5. The summed E-state index contributed by atoms with van der Waals surface area (Å²) in [4.78, 5) is 13.3. The predicted molar refractivity (Wildman–Crippen MR) is 57.7 cm³/mol. The van der Waals surface area contributed by atoms with E-state index < -0.39 is 0 Å². The van der Waals surface area contributed by atoms with Crippen LogP contribution in [-0.4, -0.2) is 49.8 Å². The van der Waals surface area contributed by atoms with Gasteiger partial charge in [0.1, 0.15) is 6.61 Å². The highest BCUT2D eigenvalue weighted by atomic mass is 16.5. The summed E-state index contributed by atoms with van der Waals surface area (Å²) in [5.74, 6) is 0.0270. The highest BCUT2D eigenvalue weighted by Crippen LogP contribution is 2.12. The number of amides is 1. The lowest BCUT2D eigenvalue weighted by molar-refractivity contribution is -0.137. The van der Waals surface area contributed by atoms with Crippen LogP contribution < -0.4 is 0 Å². The van der Waals surface area contributed by atoms with Crippen molar-refractivity contribution in [3.05, 3.63) is 0 Å². The summed E-state index contributed by atoms with van der Waals surface area (Å²) in [6.07, 6.45) is 2.49. The molecular formula is C11H21NO3. The van der Waals surface area contributed by atoms with Gasteiger partial charge in [-0.1, -0.05) is 0 Å². The zero-order chi connectivity index (χ0) is 11.3. The van der Waals surface area contributed by atoms with Gasteiger partial charge < -0.3 is 14.4 Å². The van der Waals surface area contributed by atoms with E-state index in [0.717, 1.165) is 19.4 Å². The molecule has 0 aromatic carbocycles. The molecule has 1 aliphatic rings. The maximum absolute atomic E-state index is 11.6. The normalized spacial score (nSPS) is 20.9. The summed E-state index contributed by atoms with van der Waals surface area (Å²) in [5.41, 5.74) is 0. The lowest BCUT2D eigenvalue weighted by atomic mass is 10.2. The summed E-state index contributed by atoms with van der Waals surface area (Å²) in [6.45, 7) is 5.52. The lowest BCUT2D eigenvalue weighted by Crippen LogP contribution is -2.36. The number of carbonyl (C=O) groups is 1. The van der Waals surface area contributed by atoms with Crippen molar-refractivity contribution in [1.29, 1.82) is 0 Å². The Bertz CT molecular complexity index is 200. The van der Waals surface area contributed by atoms with Crippen LogP contribution in [0.5, 0.6) is 0 Å². The van der Waals surface area contributed by atoms with E-state index >= 15 is 0 Å². The van der Waals surface area contributed by atoms with Crippen LogP contribution in [0.4, 0.5) is 0 Å². The molecule has 15 heavy (non-hydrogen) atoms. The molecule has 1 heterocycles. The number of ether oxygens (including phenoxy) is 2. The second-order valence-corrected chi connectivity index (χ2v) is 4.27. The number of hydrogen-bond donors (Lipinski definition) is 0. The van der Waals surface area contributed by atoms with Crippen LogP contribution >= 0.6 is 0 Å². The molecule has 1 saturated heterocycles. The highest BCUT2D eigenvalue weighted by molar-refractivity contribution is 5.77. The maximum Gasteiger partial charge on any atom is 0.248 e. The Morgan fingerprint density at radius 2 is 2.33 bits per heavy atom. The molecule has 1 aliphatic heterocycles. The molecule has 1 unspecified atom stereocenters. The van der Waals surface area contributed by atoms with Crippen LogP contribution in [0.1, 0.15) is 26.7 Å². The van der Waals surface area contributed by atoms with E-state index in [1.807, 2.05) is 13.8 Å². The van der Waals surface area contributed by atoms with Crippen LogP contribution in [0.15, 0.2) is 0 Å². The van der Waals surface area contributed by atoms with Crippen molar-refractivity contribution in [3.63, 3.8) is 0 Å². The molecule has 1 amide bonds. The van der Waals surface area contributed by atoms with Crippen molar-refractivity contribution in [2.45, 2.75) is 38.9 Å². The standard InChI is InChI=1S/C11H21NO3/c1-9(2)15-8-11(13)12(3)7-10-5-4-6-14-10/h9-10H,4-8H2,1-3H3. The SMILES string of the molecule is CC(C)OCC(=O)N(C)CC1CCCO1. The number of nitrogens with zero attached hydrogens (tertiary/aromatic N) is 1. The third-order valence-electron chi connectivity index (χ3n) is 2.47. The number of carbonyl (C=O) groups excluding carboxylic acids is 1. The maximum atomic E-state index is 11.6. The summed E-state index contributed by atoms with van der Waals surface area (Å²) in [5, 5.41) is 0. The Hall–Kier alpha value is -0.610. The monoisotopic (exact) mass is 215 g/mol. The van der Waals surface area contributed by atoms with E-state index in [-0.39, 0.29) is 24.7 Å². The largest absolute Gasteiger partial charge is 0.376 e. The summed E-state index contributed by atoms with van der Waals surface area (Å²) >= 11 is 0. The molecule has 0 aromatic heterocycles. The molecule has 88 valence electrons. The lowest BCUT2D eigenvalue weighted by Gasteiger charge is -2.21. The Kier molecular flexibility index (Phi) is 5.05. The first kappa shape index (κ1) is 12.5. The first-order chi connectivity index (χ1) is 7.09. The molecule has 0 N–H and O–H groups in total. The molecule has 1 fully saturated rings. The van der Waals surface area contributed by atoms with Crippen molar-refractivity contribution >= 4 is 5.91 Å². The number of likely N-dealkylation sites (N-methyl/N-ethyl adjacent to an activating group) is 1. The van der Waals surface area contributed by atoms with Crippen molar-refractivity contribution in [3.8, 4) is 0 Å². The van der Waals surface area contributed by atoms with E-state index in [1.165, 1.54) is 0 Å². The average molecular weight is 215 g/mol. The minimum atomic E-state index is 0.0270. The molecule has 1 atom stereocenters. The van der Waals surface area contributed by atoms with Crippen LogP contribution in [-0.2, 0) is 14.3 Å². The summed E-state index contributed by atoms with van der Waals surface area (Å²) in [6, 6.07) is 0. The van der Waals surface area contributed by atoms with Gasteiger partial charge >= 0.3 is 0 Å². The van der Waals surface area contributed by atoms with Gasteiger partial charge in [-0.25, -0.2) is 0 Å². The molecule has 0 bridgehead atoms. The fourth-order valence-electron chi connectivity index (χ4n) is 1.54. The topological polar surface area (TPSA) is 38.8 Å². The second kappa shape index (κ2) is 6.08. The van der Waals surface area contributed by atoms with E-state index in [4.69, 9.17) is 9.47 Å².